The second-order valence-corrected chi connectivity index (χ2v) is 5.21. The van der Waals surface area contributed by atoms with Crippen LogP contribution in [0.4, 0.5) is 0 Å². The average Bonchev–Trinajstić information content (AvgIpc) is 2.93. The molecule has 1 aromatic rings. The minimum atomic E-state index is 0.0749. The van der Waals surface area contributed by atoms with Gasteiger partial charge in [-0.3, -0.25) is 4.79 Å². The molecule has 1 aliphatic carbocycles. The lowest BCUT2D eigenvalue weighted by atomic mass is 10.1. The summed E-state index contributed by atoms with van der Waals surface area (Å²) in [6.45, 7) is 2.54. The Morgan fingerprint density at radius 2 is 2.16 bits per heavy atom. The van der Waals surface area contributed by atoms with Crippen molar-refractivity contribution in [3.63, 3.8) is 0 Å². The molecule has 100 valence electrons. The van der Waals surface area contributed by atoms with E-state index in [0.29, 0.717) is 19.0 Å². The summed E-state index contributed by atoms with van der Waals surface area (Å²) in [6, 6.07) is 10.2. The topological polar surface area (TPSA) is 44.1 Å². The van der Waals surface area contributed by atoms with Gasteiger partial charge >= 0.3 is 0 Å². The monoisotopic (exact) mass is 256 g/mol. The molecule has 2 rings (SSSR count). The second kappa shape index (κ2) is 6.38. The maximum atomic E-state index is 12.6. The predicted molar refractivity (Wildman–Crippen MR) is 74.7 cm³/mol. The van der Waals surface area contributed by atoms with Crippen LogP contribution < -0.4 is 0 Å². The maximum absolute atomic E-state index is 12.6. The molecule has 1 fully saturated rings. The summed E-state index contributed by atoms with van der Waals surface area (Å²) in [5, 5.41) is 8.77. The van der Waals surface area contributed by atoms with Gasteiger partial charge < -0.3 is 4.90 Å². The number of carbonyl (C=O) groups is 1. The lowest BCUT2D eigenvalue weighted by Gasteiger charge is -2.28. The van der Waals surface area contributed by atoms with Crippen LogP contribution in [0.3, 0.4) is 0 Å². The third-order valence-corrected chi connectivity index (χ3v) is 3.76. The maximum Gasteiger partial charge on any atom is 0.254 e. The van der Waals surface area contributed by atoms with E-state index in [1.54, 1.807) is 0 Å². The minimum absolute atomic E-state index is 0.0749. The van der Waals surface area contributed by atoms with Gasteiger partial charge in [-0.25, -0.2) is 0 Å². The summed E-state index contributed by atoms with van der Waals surface area (Å²) in [5.74, 6) is 0.0749. The van der Waals surface area contributed by atoms with Gasteiger partial charge in [0.2, 0.25) is 0 Å². The Hall–Kier alpha value is -1.82. The molecule has 0 saturated heterocycles. The van der Waals surface area contributed by atoms with Crippen LogP contribution in [0.2, 0.25) is 0 Å². The molecular weight excluding hydrogens is 236 g/mol. The quantitative estimate of drug-likeness (QED) is 0.829. The summed E-state index contributed by atoms with van der Waals surface area (Å²) < 4.78 is 0. The van der Waals surface area contributed by atoms with Gasteiger partial charge in [0.15, 0.2) is 0 Å². The van der Waals surface area contributed by atoms with Gasteiger partial charge in [-0.2, -0.15) is 5.26 Å². The molecular formula is C16H20N2O. The molecule has 0 heterocycles. The molecule has 1 aliphatic rings. The molecule has 0 spiro atoms. The summed E-state index contributed by atoms with van der Waals surface area (Å²) in [6.07, 6.45) is 4.93. The molecule has 3 nitrogen and oxygen atoms in total. The van der Waals surface area contributed by atoms with E-state index in [9.17, 15) is 4.79 Å². The first-order valence-electron chi connectivity index (χ1n) is 6.97. The predicted octanol–water partition coefficient (Wildman–Crippen LogP) is 3.29. The van der Waals surface area contributed by atoms with Crippen molar-refractivity contribution < 1.29 is 4.79 Å². The van der Waals surface area contributed by atoms with E-state index in [1.807, 2.05) is 36.1 Å². The highest BCUT2D eigenvalue weighted by molar-refractivity contribution is 5.94. The largest absolute Gasteiger partial charge is 0.335 e. The number of hydrogen-bond acceptors (Lipinski definition) is 2. The molecule has 1 aromatic carbocycles. The molecule has 0 unspecified atom stereocenters. The Morgan fingerprint density at radius 1 is 1.42 bits per heavy atom. The zero-order chi connectivity index (χ0) is 13.7. The van der Waals surface area contributed by atoms with Crippen LogP contribution in [0.1, 0.15) is 48.0 Å². The van der Waals surface area contributed by atoms with Crippen LogP contribution >= 0.6 is 0 Å². The minimum Gasteiger partial charge on any atom is -0.335 e. The average molecular weight is 256 g/mol. The van der Waals surface area contributed by atoms with Crippen molar-refractivity contribution in [3.8, 4) is 6.07 Å². The fourth-order valence-corrected chi connectivity index (χ4v) is 2.78. The van der Waals surface area contributed by atoms with Crippen LogP contribution in [-0.4, -0.2) is 23.4 Å². The van der Waals surface area contributed by atoms with Gasteiger partial charge in [0, 0.05) is 18.2 Å². The third-order valence-electron chi connectivity index (χ3n) is 3.76. The fraction of sp³-hybridized carbons (Fsp3) is 0.500. The summed E-state index contributed by atoms with van der Waals surface area (Å²) in [5.41, 5.74) is 1.84. The number of nitriles is 1. The zero-order valence-electron chi connectivity index (χ0n) is 11.4. The van der Waals surface area contributed by atoms with E-state index in [-0.39, 0.29) is 5.91 Å². The van der Waals surface area contributed by atoms with E-state index < -0.39 is 0 Å². The molecule has 0 N–H and O–H groups in total. The van der Waals surface area contributed by atoms with E-state index in [1.165, 1.54) is 12.8 Å². The van der Waals surface area contributed by atoms with E-state index in [4.69, 9.17) is 5.26 Å². The number of carbonyl (C=O) groups excluding carboxylic acids is 1. The molecule has 1 amide bonds. The van der Waals surface area contributed by atoms with Crippen molar-refractivity contribution in [3.05, 3.63) is 35.4 Å². The summed E-state index contributed by atoms with van der Waals surface area (Å²) in [7, 11) is 0. The SMILES string of the molecule is Cc1cccc(C(=O)N(CCC#N)C2CCCC2)c1. The van der Waals surface area contributed by atoms with Crippen molar-refractivity contribution >= 4 is 5.91 Å². The van der Waals surface area contributed by atoms with Gasteiger partial charge in [0.1, 0.15) is 0 Å². The van der Waals surface area contributed by atoms with Crippen LogP contribution in [0, 0.1) is 18.3 Å². The van der Waals surface area contributed by atoms with Crippen molar-refractivity contribution in [1.29, 1.82) is 5.26 Å². The van der Waals surface area contributed by atoms with Gasteiger partial charge in [-0.1, -0.05) is 30.5 Å². The first-order valence-corrected chi connectivity index (χ1v) is 6.97. The van der Waals surface area contributed by atoms with Crippen LogP contribution in [0.5, 0.6) is 0 Å². The smallest absolute Gasteiger partial charge is 0.254 e. The van der Waals surface area contributed by atoms with E-state index >= 15 is 0 Å². The lowest BCUT2D eigenvalue weighted by molar-refractivity contribution is 0.0686. The van der Waals surface area contributed by atoms with Crippen molar-refractivity contribution in [2.75, 3.05) is 6.54 Å². The first-order chi connectivity index (χ1) is 9.22. The Balaban J connectivity index is 2.17. The molecule has 0 atom stereocenters. The van der Waals surface area contributed by atoms with Crippen molar-refractivity contribution in [2.24, 2.45) is 0 Å². The first kappa shape index (κ1) is 13.6. The highest BCUT2D eigenvalue weighted by atomic mass is 16.2. The standard InChI is InChI=1S/C16H20N2O/c1-13-6-4-7-14(12-13)16(19)18(11-5-10-17)15-8-2-3-9-15/h4,6-7,12,15H,2-3,5,8-9,11H2,1H3. The third kappa shape index (κ3) is 3.35. The number of amides is 1. The molecule has 3 heteroatoms. The van der Waals surface area contributed by atoms with Gasteiger partial charge in [0.25, 0.3) is 5.91 Å². The van der Waals surface area contributed by atoms with Crippen molar-refractivity contribution in [2.45, 2.75) is 45.1 Å². The Labute approximate surface area is 114 Å². The van der Waals surface area contributed by atoms with Gasteiger partial charge in [0.05, 0.1) is 12.5 Å². The Morgan fingerprint density at radius 3 is 2.79 bits per heavy atom. The van der Waals surface area contributed by atoms with Crippen LogP contribution in [0.15, 0.2) is 24.3 Å². The molecule has 1 saturated carbocycles. The summed E-state index contributed by atoms with van der Waals surface area (Å²) >= 11 is 0. The molecule has 0 bridgehead atoms. The Kier molecular flexibility index (Phi) is 4.57. The highest BCUT2D eigenvalue weighted by Crippen LogP contribution is 2.25. The van der Waals surface area contributed by atoms with Crippen molar-refractivity contribution in [1.82, 2.24) is 4.90 Å². The second-order valence-electron chi connectivity index (χ2n) is 5.21. The lowest BCUT2D eigenvalue weighted by Crippen LogP contribution is -2.39. The molecule has 0 aromatic heterocycles. The zero-order valence-corrected chi connectivity index (χ0v) is 11.4. The normalized spacial score (nSPS) is 15.2. The van der Waals surface area contributed by atoms with Crippen LogP contribution in [0.25, 0.3) is 0 Å². The molecule has 0 aliphatic heterocycles. The fourth-order valence-electron chi connectivity index (χ4n) is 2.78. The number of nitrogens with zero attached hydrogens (tertiary/aromatic N) is 2. The molecule has 19 heavy (non-hydrogen) atoms. The number of hydrogen-bond donors (Lipinski definition) is 0. The number of benzene rings is 1. The van der Waals surface area contributed by atoms with Crippen LogP contribution in [-0.2, 0) is 0 Å². The van der Waals surface area contributed by atoms with Gasteiger partial charge in [-0.05, 0) is 31.9 Å². The molecule has 0 radical (unpaired) electrons. The van der Waals surface area contributed by atoms with E-state index in [2.05, 4.69) is 6.07 Å². The van der Waals surface area contributed by atoms with Gasteiger partial charge in [-0.15, -0.1) is 0 Å². The highest BCUT2D eigenvalue weighted by Gasteiger charge is 2.26. The number of rotatable bonds is 4. The Bertz CT molecular complexity index is 484. The van der Waals surface area contributed by atoms with E-state index in [0.717, 1.165) is 24.0 Å². The summed E-state index contributed by atoms with van der Waals surface area (Å²) in [4.78, 5) is 14.5. The number of aryl methyl sites for hydroxylation is 1.